The van der Waals surface area contributed by atoms with E-state index in [4.69, 9.17) is 9.72 Å². The molecule has 4 aromatic rings. The Kier molecular flexibility index (Phi) is 8.89. The normalized spacial score (nSPS) is 18.0. The maximum Gasteiger partial charge on any atom is 0.410 e. The van der Waals surface area contributed by atoms with E-state index in [-0.39, 0.29) is 12.0 Å². The molecule has 0 spiro atoms. The van der Waals surface area contributed by atoms with E-state index in [0.29, 0.717) is 23.3 Å². The minimum atomic E-state index is -0.459. The van der Waals surface area contributed by atoms with Crippen molar-refractivity contribution in [2.75, 3.05) is 32.0 Å². The summed E-state index contributed by atoms with van der Waals surface area (Å²) in [6.07, 6.45) is 15.7. The first-order valence-corrected chi connectivity index (χ1v) is 16.1. The zero-order valence-electron chi connectivity index (χ0n) is 26.8. The Labute approximate surface area is 264 Å². The molecule has 11 nitrogen and oxygen atoms in total. The predicted octanol–water partition coefficient (Wildman–Crippen LogP) is 6.04. The second kappa shape index (κ2) is 13.0. The number of hydrogen-bond acceptors (Lipinski definition) is 7. The lowest BCUT2D eigenvalue weighted by molar-refractivity contribution is 0.0180. The van der Waals surface area contributed by atoms with Gasteiger partial charge in [-0.1, -0.05) is 12.1 Å². The summed E-state index contributed by atoms with van der Waals surface area (Å²) in [6.45, 7) is 9.15. The highest BCUT2D eigenvalue weighted by Crippen LogP contribution is 2.30. The van der Waals surface area contributed by atoms with Crippen LogP contribution in [0.3, 0.4) is 0 Å². The Balaban J connectivity index is 0.973. The molecule has 45 heavy (non-hydrogen) atoms. The van der Waals surface area contributed by atoms with Gasteiger partial charge >= 0.3 is 6.09 Å². The molecule has 2 fully saturated rings. The van der Waals surface area contributed by atoms with Crippen LogP contribution in [0.4, 0.5) is 10.6 Å². The first-order chi connectivity index (χ1) is 21.6. The van der Waals surface area contributed by atoms with Gasteiger partial charge in [0.1, 0.15) is 11.4 Å². The van der Waals surface area contributed by atoms with Gasteiger partial charge in [0.25, 0.3) is 5.91 Å². The summed E-state index contributed by atoms with van der Waals surface area (Å²) in [4.78, 5) is 38.6. The van der Waals surface area contributed by atoms with Gasteiger partial charge in [0, 0.05) is 43.2 Å². The Morgan fingerprint density at radius 3 is 2.47 bits per heavy atom. The van der Waals surface area contributed by atoms with E-state index in [1.165, 1.54) is 6.42 Å². The van der Waals surface area contributed by atoms with Crippen LogP contribution in [0, 0.1) is 5.92 Å². The highest BCUT2D eigenvalue weighted by molar-refractivity contribution is 6.04. The molecule has 0 radical (unpaired) electrons. The van der Waals surface area contributed by atoms with Crippen molar-refractivity contribution in [3.8, 4) is 11.1 Å². The highest BCUT2D eigenvalue weighted by atomic mass is 16.6. The number of rotatable bonds is 8. The van der Waals surface area contributed by atoms with Crippen LogP contribution in [-0.4, -0.2) is 78.2 Å². The number of nitrogens with zero attached hydrogens (tertiary/aromatic N) is 7. The average Bonchev–Trinajstić information content (AvgIpc) is 3.76. The van der Waals surface area contributed by atoms with Gasteiger partial charge in [-0.3, -0.25) is 14.4 Å². The molecule has 1 atom stereocenters. The van der Waals surface area contributed by atoms with E-state index in [9.17, 15) is 9.59 Å². The molecule has 1 N–H and O–H groups in total. The van der Waals surface area contributed by atoms with Crippen LogP contribution in [0.5, 0.6) is 0 Å². The number of nitrogens with one attached hydrogen (secondary N) is 1. The molecule has 2 aliphatic heterocycles. The number of amides is 2. The van der Waals surface area contributed by atoms with E-state index in [2.05, 4.69) is 33.5 Å². The number of aromatic nitrogens is 5. The third kappa shape index (κ3) is 7.53. The number of carbonyl (C=O) groups excluding carboxylic acids is 2. The Morgan fingerprint density at radius 1 is 0.978 bits per heavy atom. The van der Waals surface area contributed by atoms with Crippen molar-refractivity contribution in [3.63, 3.8) is 0 Å². The molecule has 2 saturated heterocycles. The molecule has 0 saturated carbocycles. The lowest BCUT2D eigenvalue weighted by Gasteiger charge is -2.33. The lowest BCUT2D eigenvalue weighted by Crippen LogP contribution is -2.41. The quantitative estimate of drug-likeness (QED) is 0.258. The van der Waals surface area contributed by atoms with Crippen LogP contribution in [0.2, 0.25) is 0 Å². The van der Waals surface area contributed by atoms with Gasteiger partial charge < -0.3 is 19.4 Å². The number of likely N-dealkylation sites (tertiary alicyclic amines) is 2. The fraction of sp³-hybridized carbons (Fsp3) is 0.500. The summed E-state index contributed by atoms with van der Waals surface area (Å²) in [5, 5.41) is 7.48. The summed E-state index contributed by atoms with van der Waals surface area (Å²) in [5.41, 5.74) is 3.94. The van der Waals surface area contributed by atoms with E-state index < -0.39 is 5.60 Å². The summed E-state index contributed by atoms with van der Waals surface area (Å²) in [7, 11) is 2.13. The second-order valence-corrected chi connectivity index (χ2v) is 13.4. The van der Waals surface area contributed by atoms with Crippen molar-refractivity contribution in [2.24, 2.45) is 5.92 Å². The maximum absolute atomic E-state index is 13.0. The van der Waals surface area contributed by atoms with Crippen molar-refractivity contribution in [1.29, 1.82) is 0 Å². The van der Waals surface area contributed by atoms with Crippen LogP contribution in [0.25, 0.3) is 16.8 Å². The molecule has 3 aromatic heterocycles. The standard InChI is InChI=1S/C34H44N8O3/c1-34(2,3)45-33(44)40-17-13-24(14-18-40)7-5-16-42-21-27(19-36-42)25-9-11-26(12-10-25)32(43)38-30-23-41-22-28(37-31(41)20-35-30)29-8-6-15-39(29)4/h9-12,19-24,29H,5-8,13-18H2,1-4H3,(H,38,43)/t29-/m1/s1. The minimum Gasteiger partial charge on any atom is -0.444 e. The number of fused-ring (bicyclic) bond motifs is 1. The van der Waals surface area contributed by atoms with Gasteiger partial charge in [0.05, 0.1) is 30.3 Å². The number of benzene rings is 1. The third-order valence-corrected chi connectivity index (χ3v) is 8.84. The molecule has 238 valence electrons. The monoisotopic (exact) mass is 612 g/mol. The van der Waals surface area contributed by atoms with Crippen LogP contribution < -0.4 is 5.32 Å². The van der Waals surface area contributed by atoms with Crippen molar-refractivity contribution < 1.29 is 14.3 Å². The van der Waals surface area contributed by atoms with Crippen LogP contribution in [0.15, 0.2) is 55.2 Å². The van der Waals surface area contributed by atoms with Crippen molar-refractivity contribution in [1.82, 2.24) is 33.9 Å². The fourth-order valence-corrected chi connectivity index (χ4v) is 6.34. The third-order valence-electron chi connectivity index (χ3n) is 8.84. The molecular formula is C34H44N8O3. The molecule has 2 aliphatic rings. The number of aryl methyl sites for hydroxylation is 1. The molecule has 2 amide bonds. The Morgan fingerprint density at radius 2 is 1.76 bits per heavy atom. The summed E-state index contributed by atoms with van der Waals surface area (Å²) in [5.74, 6) is 0.887. The van der Waals surface area contributed by atoms with Gasteiger partial charge in [-0.25, -0.2) is 14.8 Å². The number of carbonyl (C=O) groups is 2. The first kappa shape index (κ1) is 30.8. The number of anilines is 1. The Hall–Kier alpha value is -4.25. The molecule has 0 unspecified atom stereocenters. The molecule has 0 bridgehead atoms. The van der Waals surface area contributed by atoms with Crippen LogP contribution in [-0.2, 0) is 11.3 Å². The smallest absolute Gasteiger partial charge is 0.410 e. The molecule has 11 heteroatoms. The van der Waals surface area contributed by atoms with Gasteiger partial charge in [0.15, 0.2) is 5.65 Å². The molecule has 1 aromatic carbocycles. The van der Waals surface area contributed by atoms with Crippen molar-refractivity contribution in [3.05, 3.63) is 66.5 Å². The average molecular weight is 613 g/mol. The molecular weight excluding hydrogens is 568 g/mol. The van der Waals surface area contributed by atoms with Gasteiger partial charge in [-0.05, 0) is 96.5 Å². The van der Waals surface area contributed by atoms with Crippen LogP contribution >= 0.6 is 0 Å². The molecule has 6 rings (SSSR count). The van der Waals surface area contributed by atoms with E-state index in [1.54, 1.807) is 6.20 Å². The van der Waals surface area contributed by atoms with Gasteiger partial charge in [0.2, 0.25) is 0 Å². The lowest BCUT2D eigenvalue weighted by atomic mass is 9.92. The van der Waals surface area contributed by atoms with Crippen molar-refractivity contribution in [2.45, 2.75) is 77.5 Å². The van der Waals surface area contributed by atoms with E-state index in [0.717, 1.165) is 80.8 Å². The van der Waals surface area contributed by atoms with Gasteiger partial charge in [-0.2, -0.15) is 5.10 Å². The number of ether oxygens (including phenoxy) is 1. The minimum absolute atomic E-state index is 0.204. The van der Waals surface area contributed by atoms with E-state index in [1.807, 2.05) is 77.6 Å². The zero-order valence-corrected chi connectivity index (χ0v) is 26.8. The van der Waals surface area contributed by atoms with Crippen molar-refractivity contribution >= 4 is 23.5 Å². The maximum atomic E-state index is 13.0. The number of piperidine rings is 1. The fourth-order valence-electron chi connectivity index (χ4n) is 6.34. The molecule has 0 aliphatic carbocycles. The predicted molar refractivity (Wildman–Crippen MR) is 173 cm³/mol. The summed E-state index contributed by atoms with van der Waals surface area (Å²) in [6, 6.07) is 7.89. The zero-order chi connectivity index (χ0) is 31.6. The highest BCUT2D eigenvalue weighted by Gasteiger charge is 2.27. The summed E-state index contributed by atoms with van der Waals surface area (Å²) >= 11 is 0. The number of hydrogen-bond donors (Lipinski definition) is 1. The topological polar surface area (TPSA) is 110 Å². The van der Waals surface area contributed by atoms with Gasteiger partial charge in [-0.15, -0.1) is 0 Å². The number of imidazole rings is 1. The molecule has 5 heterocycles. The SMILES string of the molecule is CN1CCC[C@@H]1c1cn2cc(NC(=O)c3ccc(-c4cnn(CCCC5CCN(C(=O)OC(C)(C)C)CC5)c4)cc3)ncc2n1. The van der Waals surface area contributed by atoms with Crippen LogP contribution in [0.1, 0.15) is 81.4 Å². The van der Waals surface area contributed by atoms with E-state index >= 15 is 0 Å². The second-order valence-electron chi connectivity index (χ2n) is 13.4. The Bertz CT molecular complexity index is 1630. The summed E-state index contributed by atoms with van der Waals surface area (Å²) < 4.78 is 9.43. The largest absolute Gasteiger partial charge is 0.444 e. The first-order valence-electron chi connectivity index (χ1n) is 16.1.